The summed E-state index contributed by atoms with van der Waals surface area (Å²) in [7, 11) is 0. The maximum absolute atomic E-state index is 8.26. The molecule has 0 amide bonds. The molecule has 0 bridgehead atoms. The quantitative estimate of drug-likeness (QED) is 0.361. The molecule has 5 rings (SSSR count). The fraction of sp³-hybridized carbons (Fsp3) is 0.0435. The van der Waals surface area contributed by atoms with Gasteiger partial charge >= 0.3 is 0 Å². The fourth-order valence-corrected chi connectivity index (χ4v) is 4.25. The summed E-state index contributed by atoms with van der Waals surface area (Å²) in [5.74, 6) is 0.468. The van der Waals surface area contributed by atoms with Gasteiger partial charge in [0.1, 0.15) is 5.82 Å². The predicted octanol–water partition coefficient (Wildman–Crippen LogP) is 6.49. The molecule has 5 aromatic rings. The second kappa shape index (κ2) is 6.04. The molecule has 2 heterocycles. The zero-order valence-electron chi connectivity index (χ0n) is 18.9. The van der Waals surface area contributed by atoms with Crippen molar-refractivity contribution in [3.63, 3.8) is 0 Å². The Morgan fingerprint density at radius 2 is 1.50 bits per heavy atom. The molecule has 0 atom stereocenters. The van der Waals surface area contributed by atoms with Crippen LogP contribution < -0.4 is 0 Å². The van der Waals surface area contributed by atoms with Crippen LogP contribution >= 0.6 is 11.3 Å². The highest BCUT2D eigenvalue weighted by Gasteiger charge is 2.09. The Morgan fingerprint density at radius 3 is 2.35 bits per heavy atom. The maximum Gasteiger partial charge on any atom is 0.126 e. The lowest BCUT2D eigenvalue weighted by atomic mass is 10.1. The zero-order chi connectivity index (χ0) is 21.9. The Hall–Kier alpha value is -3.04. The SMILES string of the molecule is [2H]c1c([2H])c([2H])c(-c2cc(-c3ccc4c(c3)sc3ccccc34)nc(C)n2)c([2H])c1[2H]. The molecule has 0 saturated heterocycles. The highest BCUT2D eigenvalue weighted by atomic mass is 32.1. The fourth-order valence-electron chi connectivity index (χ4n) is 3.11. The van der Waals surface area contributed by atoms with E-state index >= 15 is 0 Å². The van der Waals surface area contributed by atoms with Crippen molar-refractivity contribution in [1.82, 2.24) is 9.97 Å². The van der Waals surface area contributed by atoms with E-state index in [0.717, 1.165) is 10.3 Å². The number of thiophene rings is 1. The molecule has 0 unspecified atom stereocenters. The molecule has 0 aliphatic rings. The summed E-state index contributed by atoms with van der Waals surface area (Å²) in [5, 5.41) is 2.40. The van der Waals surface area contributed by atoms with Crippen LogP contribution in [0.2, 0.25) is 0 Å². The van der Waals surface area contributed by atoms with Crippen LogP contribution in [0.25, 0.3) is 42.7 Å². The second-order valence-electron chi connectivity index (χ2n) is 5.99. The van der Waals surface area contributed by atoms with E-state index in [1.165, 1.54) is 15.5 Å². The van der Waals surface area contributed by atoms with E-state index in [4.69, 9.17) is 6.85 Å². The van der Waals surface area contributed by atoms with Crippen LogP contribution in [0.1, 0.15) is 12.7 Å². The van der Waals surface area contributed by atoms with Crippen LogP contribution in [0.4, 0.5) is 0 Å². The molecule has 0 radical (unpaired) electrons. The molecule has 2 nitrogen and oxygen atoms in total. The van der Waals surface area contributed by atoms with Gasteiger partial charge in [-0.05, 0) is 25.1 Å². The molecule has 0 spiro atoms. The number of aromatic nitrogens is 2. The van der Waals surface area contributed by atoms with Crippen molar-refractivity contribution in [2.45, 2.75) is 6.92 Å². The van der Waals surface area contributed by atoms with Gasteiger partial charge in [-0.2, -0.15) is 0 Å². The summed E-state index contributed by atoms with van der Waals surface area (Å²) >= 11 is 1.71. The summed E-state index contributed by atoms with van der Waals surface area (Å²) in [5.41, 5.74) is 1.93. The van der Waals surface area contributed by atoms with Gasteiger partial charge in [-0.3, -0.25) is 0 Å². The van der Waals surface area contributed by atoms with Crippen molar-refractivity contribution in [2.24, 2.45) is 0 Å². The third kappa shape index (κ3) is 2.57. The first-order chi connectivity index (χ1) is 14.8. The summed E-state index contributed by atoms with van der Waals surface area (Å²) < 4.78 is 42.6. The topological polar surface area (TPSA) is 25.8 Å². The van der Waals surface area contributed by atoms with E-state index in [0.29, 0.717) is 17.2 Å². The Balaban J connectivity index is 1.71. The minimum atomic E-state index is -0.417. The summed E-state index contributed by atoms with van der Waals surface area (Å²) in [6, 6.07) is 14.4. The minimum Gasteiger partial charge on any atom is -0.233 e. The van der Waals surface area contributed by atoms with Crippen LogP contribution in [-0.2, 0) is 0 Å². The average molecular weight is 357 g/mol. The number of hydrogen-bond acceptors (Lipinski definition) is 3. The predicted molar refractivity (Wildman–Crippen MR) is 111 cm³/mol. The van der Waals surface area contributed by atoms with E-state index in [2.05, 4.69) is 34.2 Å². The van der Waals surface area contributed by atoms with E-state index in [1.807, 2.05) is 18.2 Å². The maximum atomic E-state index is 8.26. The van der Waals surface area contributed by atoms with Gasteiger partial charge in [-0.15, -0.1) is 11.3 Å². The minimum absolute atomic E-state index is 0.0840. The Bertz CT molecular complexity index is 1480. The van der Waals surface area contributed by atoms with Gasteiger partial charge in [0.05, 0.1) is 18.2 Å². The smallest absolute Gasteiger partial charge is 0.126 e. The summed E-state index contributed by atoms with van der Waals surface area (Å²) in [4.78, 5) is 8.94. The number of benzene rings is 3. The van der Waals surface area contributed by atoms with Crippen molar-refractivity contribution in [2.75, 3.05) is 0 Å². The number of nitrogens with zero attached hydrogens (tertiary/aromatic N) is 2. The molecule has 0 saturated carbocycles. The normalized spacial score (nSPS) is 14.0. The van der Waals surface area contributed by atoms with Crippen LogP contribution in [0, 0.1) is 6.92 Å². The highest BCUT2D eigenvalue weighted by molar-refractivity contribution is 7.25. The molecule has 0 aliphatic carbocycles. The number of aryl methyl sites for hydroxylation is 1. The Morgan fingerprint density at radius 1 is 0.769 bits per heavy atom. The molecule has 0 fully saturated rings. The van der Waals surface area contributed by atoms with Gasteiger partial charge in [-0.1, -0.05) is 60.5 Å². The number of hydrogen-bond donors (Lipinski definition) is 0. The van der Waals surface area contributed by atoms with Crippen LogP contribution in [-0.4, -0.2) is 9.97 Å². The van der Waals surface area contributed by atoms with Crippen LogP contribution in [0.15, 0.2) is 78.7 Å². The van der Waals surface area contributed by atoms with E-state index in [-0.39, 0.29) is 29.7 Å². The molecule has 3 aromatic carbocycles. The standard InChI is InChI=1S/C23H16N2S/c1-15-24-20(16-7-3-2-4-8-16)14-21(25-15)17-11-12-19-18-9-5-6-10-22(18)26-23(19)13-17/h2-14H,1H3/i2D,3D,4D,7D,8D. The third-order valence-corrected chi connectivity index (χ3v) is 5.40. The number of fused-ring (bicyclic) bond motifs is 3. The molecule has 124 valence electrons. The first-order valence-electron chi connectivity index (χ1n) is 10.7. The second-order valence-corrected chi connectivity index (χ2v) is 7.08. The Kier molecular flexibility index (Phi) is 2.52. The van der Waals surface area contributed by atoms with E-state index in [1.54, 1.807) is 24.3 Å². The van der Waals surface area contributed by atoms with Gasteiger partial charge < -0.3 is 0 Å². The van der Waals surface area contributed by atoms with Gasteiger partial charge in [-0.25, -0.2) is 9.97 Å². The van der Waals surface area contributed by atoms with E-state index in [9.17, 15) is 0 Å². The van der Waals surface area contributed by atoms with Crippen molar-refractivity contribution < 1.29 is 6.85 Å². The molecule has 3 heteroatoms. The zero-order valence-corrected chi connectivity index (χ0v) is 14.7. The monoisotopic (exact) mass is 357 g/mol. The van der Waals surface area contributed by atoms with Gasteiger partial charge in [0, 0.05) is 31.3 Å². The largest absolute Gasteiger partial charge is 0.233 e. The summed E-state index contributed by atoms with van der Waals surface area (Å²) in [6.07, 6.45) is 0. The summed E-state index contributed by atoms with van der Waals surface area (Å²) in [6.45, 7) is 1.74. The van der Waals surface area contributed by atoms with Crippen molar-refractivity contribution in [3.05, 3.63) is 84.6 Å². The van der Waals surface area contributed by atoms with Gasteiger partial charge in [0.2, 0.25) is 0 Å². The Labute approximate surface area is 162 Å². The third-order valence-electron chi connectivity index (χ3n) is 4.27. The molecular formula is C23H16N2S. The molecule has 0 N–H and O–H groups in total. The van der Waals surface area contributed by atoms with Crippen LogP contribution in [0.5, 0.6) is 0 Å². The van der Waals surface area contributed by atoms with E-state index < -0.39 is 6.04 Å². The van der Waals surface area contributed by atoms with Crippen molar-refractivity contribution in [1.29, 1.82) is 0 Å². The first kappa shape index (κ1) is 10.8. The highest BCUT2D eigenvalue weighted by Crippen LogP contribution is 2.36. The van der Waals surface area contributed by atoms with Crippen molar-refractivity contribution in [3.8, 4) is 22.5 Å². The molecule has 26 heavy (non-hydrogen) atoms. The lowest BCUT2D eigenvalue weighted by Crippen LogP contribution is -1.94. The lowest BCUT2D eigenvalue weighted by Gasteiger charge is -2.07. The van der Waals surface area contributed by atoms with Crippen LogP contribution in [0.3, 0.4) is 0 Å². The van der Waals surface area contributed by atoms with Gasteiger partial charge in [0.15, 0.2) is 0 Å². The average Bonchev–Trinajstić information content (AvgIpc) is 3.14. The van der Waals surface area contributed by atoms with Crippen molar-refractivity contribution >= 4 is 31.5 Å². The molecule has 0 aliphatic heterocycles. The lowest BCUT2D eigenvalue weighted by molar-refractivity contribution is 1.06. The number of rotatable bonds is 2. The van der Waals surface area contributed by atoms with Gasteiger partial charge in [0.25, 0.3) is 0 Å². The molecular weight excluding hydrogens is 336 g/mol. The first-order valence-corrected chi connectivity index (χ1v) is 9.01. The molecule has 2 aromatic heterocycles.